The van der Waals surface area contributed by atoms with Crippen LogP contribution in [0.25, 0.3) is 5.32 Å². The summed E-state index contributed by atoms with van der Waals surface area (Å²) in [6.07, 6.45) is 5.82. The fraction of sp³-hybridized carbons (Fsp3) is 0. The fourth-order valence-corrected chi connectivity index (χ4v) is 1.78. The molecule has 2 aliphatic heterocycles. The zero-order chi connectivity index (χ0) is 12.4. The van der Waals surface area contributed by atoms with Gasteiger partial charge < -0.3 is 9.89 Å². The second-order valence-corrected chi connectivity index (χ2v) is 3.89. The molecule has 0 atom stereocenters. The lowest BCUT2D eigenvalue weighted by Crippen LogP contribution is -2.10. The minimum absolute atomic E-state index is 0.663. The van der Waals surface area contributed by atoms with Crippen LogP contribution in [-0.2, 0) is 0 Å². The average molecular weight is 235 g/mol. The first-order valence-corrected chi connectivity index (χ1v) is 5.58. The fourth-order valence-electron chi connectivity index (χ4n) is 1.78. The van der Waals surface area contributed by atoms with Crippen molar-refractivity contribution < 1.29 is 9.00 Å². The summed E-state index contributed by atoms with van der Waals surface area (Å²) in [5.41, 5.74) is 4.88. The average Bonchev–Trinajstić information content (AvgIpc) is 2.83. The van der Waals surface area contributed by atoms with Crippen LogP contribution in [0.1, 0.15) is 9.99 Å². The molecule has 1 aromatic carbocycles. The van der Waals surface area contributed by atoms with Crippen LogP contribution in [0.5, 0.6) is 0 Å². The van der Waals surface area contributed by atoms with E-state index in [-0.39, 0.29) is 0 Å². The third-order valence-electron chi connectivity index (χ3n) is 2.65. The predicted molar refractivity (Wildman–Crippen MR) is 69.8 cm³/mol. The number of nitrogens with zero attached hydrogens (tertiary/aromatic N) is 2. The lowest BCUT2D eigenvalue weighted by Gasteiger charge is -2.11. The summed E-state index contributed by atoms with van der Waals surface area (Å²) >= 11 is 0. The first-order chi connectivity index (χ1) is 8.84. The van der Waals surface area contributed by atoms with Crippen LogP contribution in [0.15, 0.2) is 60.1 Å². The van der Waals surface area contributed by atoms with Crippen LogP contribution in [0.3, 0.4) is 0 Å². The first-order valence-electron chi connectivity index (χ1n) is 5.58. The van der Waals surface area contributed by atoms with Gasteiger partial charge in [-0.1, -0.05) is 29.8 Å². The normalized spacial score (nSPS) is 17.1. The van der Waals surface area contributed by atoms with Gasteiger partial charge in [-0.05, 0) is 6.72 Å². The Bertz CT molecular complexity index is 605. The molecule has 2 aliphatic rings. The molecule has 18 heavy (non-hydrogen) atoms. The Hall–Kier alpha value is -2.64. The summed E-state index contributed by atoms with van der Waals surface area (Å²) in [6, 6.07) is 9.92. The maximum Gasteiger partial charge on any atom is 0.449 e. The number of ketones is 1. The molecule has 3 nitrogen and oxygen atoms in total. The molecule has 0 N–H and O–H groups in total. The molecule has 1 aromatic rings. The second kappa shape index (κ2) is 4.32. The summed E-state index contributed by atoms with van der Waals surface area (Å²) in [7, 11) is 0. The lowest BCUT2D eigenvalue weighted by atomic mass is 10.1. The molecule has 88 valence electrons. The van der Waals surface area contributed by atoms with Crippen molar-refractivity contribution in [3.8, 4) is 0 Å². The van der Waals surface area contributed by atoms with Crippen LogP contribution >= 0.6 is 0 Å². The van der Waals surface area contributed by atoms with E-state index in [0.29, 0.717) is 6.23 Å². The second-order valence-electron chi connectivity index (χ2n) is 3.89. The predicted octanol–water partition coefficient (Wildman–Crippen LogP) is 2.72. The molecule has 0 unspecified atom stereocenters. The molecule has 0 saturated carbocycles. The minimum atomic E-state index is 0.663. The van der Waals surface area contributed by atoms with Gasteiger partial charge in [-0.25, -0.2) is 0 Å². The Morgan fingerprint density at radius 3 is 2.89 bits per heavy atom. The van der Waals surface area contributed by atoms with E-state index in [1.54, 1.807) is 17.0 Å². The molecule has 2 heterocycles. The number of rotatable bonds is 2. The van der Waals surface area contributed by atoms with E-state index in [0.717, 1.165) is 16.9 Å². The molecule has 0 radical (unpaired) electrons. The van der Waals surface area contributed by atoms with Gasteiger partial charge in [0.15, 0.2) is 0 Å². The Balaban J connectivity index is 1.95. The van der Waals surface area contributed by atoms with Gasteiger partial charge in [0.1, 0.15) is 12.1 Å². The largest absolute Gasteiger partial charge is 0.664 e. The van der Waals surface area contributed by atoms with Crippen molar-refractivity contribution in [1.29, 1.82) is 0 Å². The lowest BCUT2D eigenvalue weighted by molar-refractivity contribution is -0.548. The van der Waals surface area contributed by atoms with Gasteiger partial charge in [0.05, 0.1) is 0 Å². The first kappa shape index (κ1) is 10.5. The van der Waals surface area contributed by atoms with Gasteiger partial charge in [-0.15, -0.1) is 24.1 Å². The van der Waals surface area contributed by atoms with Gasteiger partial charge in [0.2, 0.25) is 0 Å². The van der Waals surface area contributed by atoms with Crippen molar-refractivity contribution in [3.05, 3.63) is 83.8 Å². The van der Waals surface area contributed by atoms with Gasteiger partial charge in [-0.3, -0.25) is 4.42 Å². The minimum Gasteiger partial charge on any atom is -0.664 e. The van der Waals surface area contributed by atoms with Crippen molar-refractivity contribution in [3.63, 3.8) is 0 Å². The summed E-state index contributed by atoms with van der Waals surface area (Å²) < 4.78 is 7.53. The van der Waals surface area contributed by atoms with Crippen molar-refractivity contribution in [2.75, 3.05) is 0 Å². The summed E-state index contributed by atoms with van der Waals surface area (Å²) in [5, 5.41) is 3.94. The Morgan fingerprint density at radius 1 is 1.33 bits per heavy atom. The number of hydrogen-bond acceptors (Lipinski definition) is 0. The van der Waals surface area contributed by atoms with Crippen LogP contribution in [0.4, 0.5) is 0 Å². The van der Waals surface area contributed by atoms with Crippen molar-refractivity contribution in [2.24, 2.45) is 0 Å². The highest BCUT2D eigenvalue weighted by molar-refractivity contribution is 6.02. The van der Waals surface area contributed by atoms with Crippen LogP contribution in [0.2, 0.25) is 0 Å². The number of hydrogen-bond donors (Lipinski definition) is 0. The van der Waals surface area contributed by atoms with Gasteiger partial charge in [0.25, 0.3) is 5.78 Å². The molecule has 0 bridgehead atoms. The SMILES string of the molecule is C=[N+]1[CH-]C(c2ccccc2)=[O+][C-]1C1=C=C[N-]C=C1. The molecule has 3 rings (SSSR count). The molecular formula is C15H11N2O-. The Labute approximate surface area is 106 Å². The standard InChI is InChI=1S/C15H11N2O/c1-17-11-14(12-5-3-2-4-6-12)18-15(17)13-7-9-16-10-8-13/h2-7,9-11H,1H2/q-1. The third kappa shape index (κ3) is 1.83. The molecular weight excluding hydrogens is 224 g/mol. The third-order valence-corrected chi connectivity index (χ3v) is 2.65. The van der Waals surface area contributed by atoms with Gasteiger partial charge in [0, 0.05) is 0 Å². The van der Waals surface area contributed by atoms with E-state index in [1.807, 2.05) is 43.0 Å². The summed E-state index contributed by atoms with van der Waals surface area (Å²) in [6.45, 7) is 5.79. The monoisotopic (exact) mass is 235 g/mol. The van der Waals surface area contributed by atoms with E-state index in [9.17, 15) is 0 Å². The van der Waals surface area contributed by atoms with Crippen LogP contribution < -0.4 is 0 Å². The zero-order valence-corrected chi connectivity index (χ0v) is 9.71. The Kier molecular flexibility index (Phi) is 2.52. The molecule has 3 heteroatoms. The number of carbonyl (C=O) groups excluding carboxylic acids is 1. The quantitative estimate of drug-likeness (QED) is 0.326. The molecule has 0 spiro atoms. The molecule has 0 saturated heterocycles. The van der Waals surface area contributed by atoms with Crippen molar-refractivity contribution in [1.82, 2.24) is 0 Å². The maximum absolute atomic E-state index is 5.83. The highest BCUT2D eigenvalue weighted by Gasteiger charge is 2.33. The highest BCUT2D eigenvalue weighted by Crippen LogP contribution is 2.26. The van der Waals surface area contributed by atoms with E-state index in [2.05, 4.69) is 17.8 Å². The van der Waals surface area contributed by atoms with Crippen molar-refractivity contribution in [2.45, 2.75) is 0 Å². The smallest absolute Gasteiger partial charge is 0.449 e. The summed E-state index contributed by atoms with van der Waals surface area (Å²) in [5.74, 6) is 0.783. The van der Waals surface area contributed by atoms with E-state index < -0.39 is 0 Å². The van der Waals surface area contributed by atoms with Gasteiger partial charge in [-0.2, -0.15) is 6.20 Å². The molecule has 0 aliphatic carbocycles. The van der Waals surface area contributed by atoms with Gasteiger partial charge >= 0.3 is 6.23 Å². The maximum atomic E-state index is 5.83. The summed E-state index contributed by atoms with van der Waals surface area (Å²) in [4.78, 5) is 0. The number of benzene rings is 1. The highest BCUT2D eigenvalue weighted by atomic mass is 16.4. The van der Waals surface area contributed by atoms with Crippen molar-refractivity contribution >= 4 is 12.5 Å². The molecule has 0 aromatic heterocycles. The molecule has 0 amide bonds. The van der Waals surface area contributed by atoms with E-state index in [1.165, 1.54) is 0 Å². The topological polar surface area (TPSA) is 28.4 Å². The molecule has 0 fully saturated rings. The van der Waals surface area contributed by atoms with E-state index >= 15 is 0 Å². The van der Waals surface area contributed by atoms with E-state index in [4.69, 9.17) is 4.42 Å². The zero-order valence-electron chi connectivity index (χ0n) is 9.71. The Morgan fingerprint density at radius 2 is 2.17 bits per heavy atom. The van der Waals surface area contributed by atoms with Crippen LogP contribution in [-0.4, -0.2) is 17.1 Å². The van der Waals surface area contributed by atoms with Crippen LogP contribution in [0, 0.1) is 12.8 Å².